The lowest BCUT2D eigenvalue weighted by molar-refractivity contribution is -0.144. The Hall–Kier alpha value is -0.610. The molecule has 17 heavy (non-hydrogen) atoms. The van der Waals surface area contributed by atoms with Gasteiger partial charge in [-0.25, -0.2) is 0 Å². The van der Waals surface area contributed by atoms with E-state index in [9.17, 15) is 4.79 Å². The van der Waals surface area contributed by atoms with Gasteiger partial charge in [-0.2, -0.15) is 0 Å². The molecule has 1 aliphatic heterocycles. The maximum Gasteiger partial charge on any atom is 0.225 e. The van der Waals surface area contributed by atoms with Gasteiger partial charge in [0.05, 0.1) is 12.0 Å². The minimum absolute atomic E-state index is 0.155. The molecule has 1 heterocycles. The number of nitrogens with zero attached hydrogens (tertiary/aromatic N) is 1. The van der Waals surface area contributed by atoms with Crippen molar-refractivity contribution in [2.75, 3.05) is 20.2 Å². The SMILES string of the molecule is COC1(CC(=O)N2CC(CN)CC2C)CCC1. The fourth-order valence-corrected chi connectivity index (χ4v) is 3.06. The van der Waals surface area contributed by atoms with Gasteiger partial charge < -0.3 is 15.4 Å². The van der Waals surface area contributed by atoms with Crippen LogP contribution in [0.5, 0.6) is 0 Å². The van der Waals surface area contributed by atoms with Crippen molar-refractivity contribution in [1.82, 2.24) is 4.90 Å². The Labute approximate surface area is 103 Å². The molecular weight excluding hydrogens is 216 g/mol. The molecule has 2 rings (SSSR count). The van der Waals surface area contributed by atoms with E-state index in [4.69, 9.17) is 10.5 Å². The lowest BCUT2D eigenvalue weighted by Crippen LogP contribution is -2.46. The number of amides is 1. The van der Waals surface area contributed by atoms with Gasteiger partial charge in [-0.15, -0.1) is 0 Å². The Morgan fingerprint density at radius 2 is 2.24 bits per heavy atom. The number of hydrogen-bond donors (Lipinski definition) is 1. The highest BCUT2D eigenvalue weighted by atomic mass is 16.5. The van der Waals surface area contributed by atoms with Gasteiger partial charge in [0.15, 0.2) is 0 Å². The zero-order valence-corrected chi connectivity index (χ0v) is 10.9. The molecule has 0 bridgehead atoms. The van der Waals surface area contributed by atoms with Crippen molar-refractivity contribution in [1.29, 1.82) is 0 Å². The summed E-state index contributed by atoms with van der Waals surface area (Å²) >= 11 is 0. The predicted octanol–water partition coefficient (Wildman–Crippen LogP) is 1.14. The first-order valence-electron chi connectivity index (χ1n) is 6.65. The van der Waals surface area contributed by atoms with Gasteiger partial charge in [0.2, 0.25) is 5.91 Å². The molecule has 2 unspecified atom stereocenters. The molecule has 2 atom stereocenters. The van der Waals surface area contributed by atoms with Crippen LogP contribution in [0.1, 0.15) is 39.0 Å². The number of carbonyl (C=O) groups excluding carboxylic acids is 1. The quantitative estimate of drug-likeness (QED) is 0.801. The molecule has 4 heteroatoms. The van der Waals surface area contributed by atoms with Crippen LogP contribution in [0.4, 0.5) is 0 Å². The van der Waals surface area contributed by atoms with Crippen molar-refractivity contribution in [3.63, 3.8) is 0 Å². The van der Waals surface area contributed by atoms with Crippen LogP contribution in [0.2, 0.25) is 0 Å². The average molecular weight is 240 g/mol. The van der Waals surface area contributed by atoms with Gasteiger partial charge in [-0.3, -0.25) is 4.79 Å². The Morgan fingerprint density at radius 3 is 2.65 bits per heavy atom. The fourth-order valence-electron chi connectivity index (χ4n) is 3.06. The highest BCUT2D eigenvalue weighted by molar-refractivity contribution is 5.78. The standard InChI is InChI=1S/C13H24N2O2/c1-10-6-11(8-14)9-15(10)12(16)7-13(17-2)4-3-5-13/h10-11H,3-9,14H2,1-2H3. The highest BCUT2D eigenvalue weighted by Crippen LogP contribution is 2.39. The van der Waals surface area contributed by atoms with Gasteiger partial charge in [0.1, 0.15) is 0 Å². The van der Waals surface area contributed by atoms with E-state index in [2.05, 4.69) is 6.92 Å². The molecule has 0 aromatic rings. The molecule has 4 nitrogen and oxygen atoms in total. The molecule has 0 spiro atoms. The van der Waals surface area contributed by atoms with Crippen LogP contribution in [-0.4, -0.2) is 42.6 Å². The Balaban J connectivity index is 1.92. The van der Waals surface area contributed by atoms with Gasteiger partial charge in [-0.05, 0) is 45.1 Å². The highest BCUT2D eigenvalue weighted by Gasteiger charge is 2.42. The number of methoxy groups -OCH3 is 1. The third-order valence-electron chi connectivity index (χ3n) is 4.49. The predicted molar refractivity (Wildman–Crippen MR) is 66.5 cm³/mol. The first-order chi connectivity index (χ1) is 8.10. The van der Waals surface area contributed by atoms with E-state index in [0.29, 0.717) is 24.9 Å². The van der Waals surface area contributed by atoms with E-state index < -0.39 is 0 Å². The van der Waals surface area contributed by atoms with Crippen molar-refractivity contribution in [3.05, 3.63) is 0 Å². The summed E-state index contributed by atoms with van der Waals surface area (Å²) in [4.78, 5) is 14.3. The van der Waals surface area contributed by atoms with E-state index >= 15 is 0 Å². The van der Waals surface area contributed by atoms with Crippen LogP contribution in [0.3, 0.4) is 0 Å². The van der Waals surface area contributed by atoms with Gasteiger partial charge in [-0.1, -0.05) is 0 Å². The second-order valence-corrected chi connectivity index (χ2v) is 5.65. The van der Waals surface area contributed by atoms with E-state index in [1.54, 1.807) is 7.11 Å². The summed E-state index contributed by atoms with van der Waals surface area (Å²) in [6.07, 6.45) is 4.82. The molecule has 98 valence electrons. The lowest BCUT2D eigenvalue weighted by Gasteiger charge is -2.41. The number of rotatable bonds is 4. The average Bonchev–Trinajstić information content (AvgIpc) is 2.65. The normalized spacial score (nSPS) is 31.4. The molecule has 0 aromatic carbocycles. The van der Waals surface area contributed by atoms with Crippen molar-refractivity contribution in [2.45, 2.75) is 50.7 Å². The zero-order chi connectivity index (χ0) is 12.5. The number of ether oxygens (including phenoxy) is 1. The molecule has 1 amide bonds. The Kier molecular flexibility index (Phi) is 3.73. The van der Waals surface area contributed by atoms with E-state index in [1.807, 2.05) is 4.90 Å². The molecule has 0 radical (unpaired) electrons. The number of nitrogens with two attached hydrogens (primary N) is 1. The van der Waals surface area contributed by atoms with E-state index in [0.717, 1.165) is 25.8 Å². The van der Waals surface area contributed by atoms with Crippen LogP contribution in [0.25, 0.3) is 0 Å². The number of carbonyl (C=O) groups is 1. The second-order valence-electron chi connectivity index (χ2n) is 5.65. The Bertz CT molecular complexity index is 284. The van der Waals surface area contributed by atoms with Crippen molar-refractivity contribution in [2.24, 2.45) is 11.7 Å². The van der Waals surface area contributed by atoms with Crippen LogP contribution >= 0.6 is 0 Å². The lowest BCUT2D eigenvalue weighted by atomic mass is 9.77. The smallest absolute Gasteiger partial charge is 0.225 e. The third-order valence-corrected chi connectivity index (χ3v) is 4.49. The molecule has 2 aliphatic rings. The summed E-state index contributed by atoms with van der Waals surface area (Å²) in [5, 5.41) is 0. The van der Waals surface area contributed by atoms with Crippen molar-refractivity contribution < 1.29 is 9.53 Å². The summed E-state index contributed by atoms with van der Waals surface area (Å²) in [6, 6.07) is 0.338. The minimum Gasteiger partial charge on any atom is -0.378 e. The molecule has 1 saturated carbocycles. The summed E-state index contributed by atoms with van der Waals surface area (Å²) < 4.78 is 5.52. The first kappa shape index (κ1) is 12.8. The number of likely N-dealkylation sites (tertiary alicyclic amines) is 1. The van der Waals surface area contributed by atoms with Gasteiger partial charge in [0, 0.05) is 19.7 Å². The summed E-state index contributed by atoms with van der Waals surface area (Å²) in [5.41, 5.74) is 5.53. The zero-order valence-electron chi connectivity index (χ0n) is 10.9. The van der Waals surface area contributed by atoms with Crippen LogP contribution in [-0.2, 0) is 9.53 Å². The molecule has 2 fully saturated rings. The topological polar surface area (TPSA) is 55.6 Å². The molecule has 1 aliphatic carbocycles. The maximum atomic E-state index is 12.3. The van der Waals surface area contributed by atoms with E-state index in [1.165, 1.54) is 6.42 Å². The summed E-state index contributed by atoms with van der Waals surface area (Å²) in [6.45, 7) is 3.63. The van der Waals surface area contributed by atoms with Gasteiger partial charge in [0.25, 0.3) is 0 Å². The number of hydrogen-bond acceptors (Lipinski definition) is 3. The molecular formula is C13H24N2O2. The van der Waals surface area contributed by atoms with Gasteiger partial charge >= 0.3 is 0 Å². The Morgan fingerprint density at radius 1 is 1.53 bits per heavy atom. The third kappa shape index (κ3) is 2.47. The van der Waals surface area contributed by atoms with Crippen LogP contribution < -0.4 is 5.73 Å². The van der Waals surface area contributed by atoms with Crippen molar-refractivity contribution >= 4 is 5.91 Å². The van der Waals surface area contributed by atoms with Crippen LogP contribution in [0.15, 0.2) is 0 Å². The molecule has 2 N–H and O–H groups in total. The molecule has 0 aromatic heterocycles. The van der Waals surface area contributed by atoms with Crippen molar-refractivity contribution in [3.8, 4) is 0 Å². The summed E-state index contributed by atoms with van der Waals surface area (Å²) in [5.74, 6) is 0.726. The monoisotopic (exact) mass is 240 g/mol. The minimum atomic E-state index is -0.155. The first-order valence-corrected chi connectivity index (χ1v) is 6.65. The maximum absolute atomic E-state index is 12.3. The largest absolute Gasteiger partial charge is 0.378 e. The molecule has 1 saturated heterocycles. The summed E-state index contributed by atoms with van der Waals surface area (Å²) in [7, 11) is 1.72. The van der Waals surface area contributed by atoms with E-state index in [-0.39, 0.29) is 11.5 Å². The fraction of sp³-hybridized carbons (Fsp3) is 0.923. The van der Waals surface area contributed by atoms with Crippen LogP contribution in [0, 0.1) is 5.92 Å². The second kappa shape index (κ2) is 4.94.